The summed E-state index contributed by atoms with van der Waals surface area (Å²) in [7, 11) is 0. The maximum atomic E-state index is 9.27. The first-order valence-electron chi connectivity index (χ1n) is 6.64. The molecule has 21 heavy (non-hydrogen) atoms. The molecule has 0 aliphatic heterocycles. The molecule has 0 aliphatic rings. The van der Waals surface area contributed by atoms with E-state index in [1.54, 1.807) is 0 Å². The van der Waals surface area contributed by atoms with Gasteiger partial charge in [-0.3, -0.25) is 0 Å². The molecule has 120 valence electrons. The van der Waals surface area contributed by atoms with E-state index >= 15 is 0 Å². The summed E-state index contributed by atoms with van der Waals surface area (Å²) in [5.74, 6) is 0.503. The Kier molecular flexibility index (Phi) is 7.12. The van der Waals surface area contributed by atoms with Crippen LogP contribution >= 0.6 is 6.72 Å². The predicted molar refractivity (Wildman–Crippen MR) is 81.5 cm³/mol. The van der Waals surface area contributed by atoms with Crippen molar-refractivity contribution in [2.75, 3.05) is 13.2 Å². The summed E-state index contributed by atoms with van der Waals surface area (Å²) in [6.45, 7) is 4.54. The van der Waals surface area contributed by atoms with Gasteiger partial charge in [0.15, 0.2) is 0 Å². The highest BCUT2D eigenvalue weighted by molar-refractivity contribution is 8.06. The van der Waals surface area contributed by atoms with Crippen LogP contribution in [0, 0.1) is 0 Å². The van der Waals surface area contributed by atoms with E-state index < -0.39 is 13.0 Å². The lowest BCUT2D eigenvalue weighted by atomic mass is 10.2. The standard InChI is InChI=1S/C12H21N2O5PS/c1-5-17-12(18-6-2)9-7-10(19-20(15,16)21)14-11(13-9)8(3)4/h7-8,12H,5-6H2,1-4H3,(H2,15,16,21). The Morgan fingerprint density at radius 3 is 2.19 bits per heavy atom. The fourth-order valence-corrected chi connectivity index (χ4v) is 2.10. The highest BCUT2D eigenvalue weighted by Gasteiger charge is 2.20. The van der Waals surface area contributed by atoms with E-state index in [4.69, 9.17) is 14.0 Å². The molecular weight excluding hydrogens is 315 g/mol. The van der Waals surface area contributed by atoms with E-state index in [0.717, 1.165) is 0 Å². The predicted octanol–water partition coefficient (Wildman–Crippen LogP) is 2.26. The topological polar surface area (TPSA) is 93.9 Å². The molecule has 0 spiro atoms. The van der Waals surface area contributed by atoms with Crippen LogP contribution in [0.5, 0.6) is 5.88 Å². The number of nitrogens with zero attached hydrogens (tertiary/aromatic N) is 2. The van der Waals surface area contributed by atoms with E-state index in [1.807, 2.05) is 27.7 Å². The Morgan fingerprint density at radius 2 is 1.76 bits per heavy atom. The second-order valence-electron chi connectivity index (χ2n) is 4.47. The highest BCUT2D eigenvalue weighted by Crippen LogP contribution is 2.38. The number of ether oxygens (including phenoxy) is 2. The largest absolute Gasteiger partial charge is 0.406 e. The van der Waals surface area contributed by atoms with Crippen molar-refractivity contribution < 1.29 is 23.8 Å². The van der Waals surface area contributed by atoms with Gasteiger partial charge < -0.3 is 23.8 Å². The van der Waals surface area contributed by atoms with Crippen LogP contribution < -0.4 is 4.52 Å². The lowest BCUT2D eigenvalue weighted by Crippen LogP contribution is -2.13. The van der Waals surface area contributed by atoms with Crippen molar-refractivity contribution >= 4 is 18.5 Å². The molecule has 7 nitrogen and oxygen atoms in total. The molecule has 1 aromatic rings. The molecule has 0 fully saturated rings. The Labute approximate surface area is 129 Å². The van der Waals surface area contributed by atoms with Crippen LogP contribution in [-0.2, 0) is 21.3 Å². The minimum absolute atomic E-state index is 0.00133. The molecule has 2 N–H and O–H groups in total. The third-order valence-corrected chi connectivity index (χ3v) is 2.99. The maximum Gasteiger partial charge on any atom is 0.376 e. The van der Waals surface area contributed by atoms with Crippen LogP contribution in [0.3, 0.4) is 0 Å². The molecule has 0 saturated carbocycles. The molecule has 0 aliphatic carbocycles. The first-order chi connectivity index (χ1) is 9.76. The van der Waals surface area contributed by atoms with Crippen molar-refractivity contribution in [1.82, 2.24) is 9.97 Å². The average molecular weight is 336 g/mol. The smallest absolute Gasteiger partial charge is 0.376 e. The van der Waals surface area contributed by atoms with Gasteiger partial charge in [0.05, 0.1) is 0 Å². The fraction of sp³-hybridized carbons (Fsp3) is 0.667. The van der Waals surface area contributed by atoms with Gasteiger partial charge in [0, 0.05) is 37.0 Å². The molecule has 9 heteroatoms. The van der Waals surface area contributed by atoms with Gasteiger partial charge in [-0.15, -0.1) is 0 Å². The van der Waals surface area contributed by atoms with Gasteiger partial charge in [-0.1, -0.05) is 13.8 Å². The van der Waals surface area contributed by atoms with Gasteiger partial charge in [0.2, 0.25) is 12.2 Å². The van der Waals surface area contributed by atoms with Gasteiger partial charge >= 0.3 is 6.72 Å². The normalized spacial score (nSPS) is 12.2. The van der Waals surface area contributed by atoms with Crippen LogP contribution in [0.2, 0.25) is 0 Å². The second-order valence-corrected chi connectivity index (χ2v) is 7.06. The van der Waals surface area contributed by atoms with E-state index in [2.05, 4.69) is 21.8 Å². The second kappa shape index (κ2) is 8.12. The van der Waals surface area contributed by atoms with Crippen molar-refractivity contribution in [1.29, 1.82) is 0 Å². The number of rotatable bonds is 8. The SMILES string of the molecule is CCOC(OCC)c1cc(OP(O)(O)=S)nc(C(C)C)n1. The summed E-state index contributed by atoms with van der Waals surface area (Å²) in [6, 6.07) is 1.44. The summed E-state index contributed by atoms with van der Waals surface area (Å²) in [4.78, 5) is 27.0. The molecule has 1 rings (SSSR count). The first kappa shape index (κ1) is 18.4. The molecule has 0 atom stereocenters. The zero-order valence-electron chi connectivity index (χ0n) is 12.5. The highest BCUT2D eigenvalue weighted by atomic mass is 32.5. The van der Waals surface area contributed by atoms with Crippen molar-refractivity contribution in [3.05, 3.63) is 17.6 Å². The van der Waals surface area contributed by atoms with Crippen LogP contribution in [0.25, 0.3) is 0 Å². The minimum Gasteiger partial charge on any atom is -0.406 e. The average Bonchev–Trinajstić information content (AvgIpc) is 2.36. The first-order valence-corrected chi connectivity index (χ1v) is 9.26. The number of hydrogen-bond donors (Lipinski definition) is 2. The van der Waals surface area contributed by atoms with E-state index in [9.17, 15) is 9.79 Å². The van der Waals surface area contributed by atoms with Gasteiger partial charge in [-0.2, -0.15) is 4.98 Å². The zero-order chi connectivity index (χ0) is 16.0. The summed E-state index contributed by atoms with van der Waals surface area (Å²) in [5.41, 5.74) is 0.454. The van der Waals surface area contributed by atoms with Crippen molar-refractivity contribution in [2.45, 2.75) is 39.9 Å². The molecular formula is C12H21N2O5PS. The lowest BCUT2D eigenvalue weighted by molar-refractivity contribution is -0.142. The fourth-order valence-electron chi connectivity index (χ4n) is 1.53. The molecule has 0 unspecified atom stereocenters. The maximum absolute atomic E-state index is 9.27. The number of hydrogen-bond acceptors (Lipinski definition) is 6. The third kappa shape index (κ3) is 6.34. The monoisotopic (exact) mass is 336 g/mol. The minimum atomic E-state index is -3.86. The van der Waals surface area contributed by atoms with E-state index in [-0.39, 0.29) is 11.8 Å². The summed E-state index contributed by atoms with van der Waals surface area (Å²) in [6.07, 6.45) is -0.668. The van der Waals surface area contributed by atoms with Crippen LogP contribution in [-0.4, -0.2) is 33.0 Å². The molecule has 0 amide bonds. The quantitative estimate of drug-likeness (QED) is 0.551. The summed E-state index contributed by atoms with van der Waals surface area (Å²) < 4.78 is 15.9. The van der Waals surface area contributed by atoms with Crippen LogP contribution in [0.4, 0.5) is 0 Å². The zero-order valence-corrected chi connectivity index (χ0v) is 14.2. The van der Waals surface area contributed by atoms with Gasteiger partial charge in [0.1, 0.15) is 11.5 Å². The van der Waals surface area contributed by atoms with Crippen molar-refractivity contribution in [3.63, 3.8) is 0 Å². The van der Waals surface area contributed by atoms with E-state index in [1.165, 1.54) is 6.07 Å². The third-order valence-electron chi connectivity index (χ3n) is 2.35. The van der Waals surface area contributed by atoms with Gasteiger partial charge in [-0.05, 0) is 13.8 Å². The van der Waals surface area contributed by atoms with Gasteiger partial charge in [0.25, 0.3) is 0 Å². The molecule has 0 aromatic carbocycles. The van der Waals surface area contributed by atoms with Crippen LogP contribution in [0.15, 0.2) is 6.07 Å². The van der Waals surface area contributed by atoms with Crippen molar-refractivity contribution in [2.24, 2.45) is 0 Å². The summed E-state index contributed by atoms with van der Waals surface area (Å²) in [5, 5.41) is 0. The number of aromatic nitrogens is 2. The lowest BCUT2D eigenvalue weighted by Gasteiger charge is -2.19. The van der Waals surface area contributed by atoms with Crippen molar-refractivity contribution in [3.8, 4) is 5.88 Å². The van der Waals surface area contributed by atoms with Crippen LogP contribution in [0.1, 0.15) is 51.4 Å². The molecule has 0 bridgehead atoms. The van der Waals surface area contributed by atoms with Gasteiger partial charge in [-0.25, -0.2) is 4.98 Å². The molecule has 1 aromatic heterocycles. The molecule has 0 saturated heterocycles. The Hall–Kier alpha value is -0.630. The molecule has 1 heterocycles. The van der Waals surface area contributed by atoms with E-state index in [0.29, 0.717) is 24.7 Å². The summed E-state index contributed by atoms with van der Waals surface area (Å²) >= 11 is 4.46. The molecule has 0 radical (unpaired) electrons. The Bertz CT molecular complexity index is 502. The Balaban J connectivity index is 3.19. The Morgan fingerprint density at radius 1 is 1.19 bits per heavy atom.